The summed E-state index contributed by atoms with van der Waals surface area (Å²) >= 11 is 0. The third-order valence-electron chi connectivity index (χ3n) is 4.60. The van der Waals surface area contributed by atoms with Gasteiger partial charge in [0, 0.05) is 6.42 Å². The molecule has 0 amide bonds. The maximum absolute atomic E-state index is 12.3. The summed E-state index contributed by atoms with van der Waals surface area (Å²) in [6.07, 6.45) is 1.77. The van der Waals surface area contributed by atoms with Crippen LogP contribution in [0.4, 0.5) is 0 Å². The first-order valence-corrected chi connectivity index (χ1v) is 13.0. The van der Waals surface area contributed by atoms with Gasteiger partial charge < -0.3 is 4.74 Å². The van der Waals surface area contributed by atoms with Gasteiger partial charge in [0.25, 0.3) is 10.1 Å². The van der Waals surface area contributed by atoms with E-state index in [9.17, 15) is 16.8 Å². The van der Waals surface area contributed by atoms with Gasteiger partial charge in [-0.25, -0.2) is 8.42 Å². The van der Waals surface area contributed by atoms with E-state index in [1.54, 1.807) is 24.3 Å². The van der Waals surface area contributed by atoms with Crippen molar-refractivity contribution in [2.24, 2.45) is 0 Å². The highest BCUT2D eigenvalue weighted by Crippen LogP contribution is 2.24. The van der Waals surface area contributed by atoms with Crippen LogP contribution in [0.1, 0.15) is 45.6 Å². The highest BCUT2D eigenvalue weighted by molar-refractivity contribution is 7.91. The van der Waals surface area contributed by atoms with Crippen LogP contribution in [-0.4, -0.2) is 34.8 Å². The lowest BCUT2D eigenvalue weighted by molar-refractivity contribution is 0.0822. The van der Waals surface area contributed by atoms with Crippen molar-refractivity contribution in [3.63, 3.8) is 0 Å². The van der Waals surface area contributed by atoms with Crippen LogP contribution in [-0.2, 0) is 24.1 Å². The molecular formula is C22H30O6S2. The van der Waals surface area contributed by atoms with Crippen molar-refractivity contribution < 1.29 is 25.8 Å². The summed E-state index contributed by atoms with van der Waals surface area (Å²) in [7, 11) is -7.11. The van der Waals surface area contributed by atoms with Crippen molar-refractivity contribution in [1.82, 2.24) is 0 Å². The molecule has 0 aromatic heterocycles. The Morgan fingerprint density at radius 2 is 1.43 bits per heavy atom. The van der Waals surface area contributed by atoms with Crippen LogP contribution in [0, 0.1) is 6.92 Å². The summed E-state index contributed by atoms with van der Waals surface area (Å²) in [6.45, 7) is 7.43. The molecule has 0 aliphatic rings. The molecule has 0 fully saturated rings. The van der Waals surface area contributed by atoms with Gasteiger partial charge in [-0.3, -0.25) is 4.18 Å². The van der Waals surface area contributed by atoms with Crippen LogP contribution >= 0.6 is 0 Å². The predicted octanol–water partition coefficient (Wildman–Crippen LogP) is 4.52. The Hall–Kier alpha value is -1.90. The van der Waals surface area contributed by atoms with Crippen molar-refractivity contribution in [1.29, 1.82) is 0 Å². The fourth-order valence-electron chi connectivity index (χ4n) is 2.71. The molecule has 0 radical (unpaired) electrons. The minimum Gasteiger partial charge on any atom is -0.488 e. The summed E-state index contributed by atoms with van der Waals surface area (Å²) in [5.41, 5.74) is 0.262. The lowest BCUT2D eigenvalue weighted by Gasteiger charge is -2.26. The van der Waals surface area contributed by atoms with Crippen LogP contribution in [0.3, 0.4) is 0 Å². The Morgan fingerprint density at radius 3 is 2.00 bits per heavy atom. The van der Waals surface area contributed by atoms with Gasteiger partial charge in [0.15, 0.2) is 9.84 Å². The Bertz CT molecular complexity index is 1020. The molecule has 0 saturated carbocycles. The molecule has 0 heterocycles. The molecule has 0 bridgehead atoms. The quantitative estimate of drug-likeness (QED) is 0.464. The zero-order valence-electron chi connectivity index (χ0n) is 17.9. The molecule has 8 heteroatoms. The van der Waals surface area contributed by atoms with Crippen LogP contribution < -0.4 is 4.74 Å². The van der Waals surface area contributed by atoms with Crippen LogP contribution in [0.2, 0.25) is 0 Å². The van der Waals surface area contributed by atoms with E-state index in [1.165, 1.54) is 24.3 Å². The third kappa shape index (κ3) is 7.11. The molecule has 2 aromatic rings. The van der Waals surface area contributed by atoms with Gasteiger partial charge in [0.2, 0.25) is 0 Å². The second-order valence-electron chi connectivity index (χ2n) is 7.84. The van der Waals surface area contributed by atoms with E-state index in [-0.39, 0.29) is 22.2 Å². The molecule has 0 aliphatic carbocycles. The molecule has 0 atom stereocenters. The van der Waals surface area contributed by atoms with Crippen molar-refractivity contribution in [3.8, 4) is 5.75 Å². The van der Waals surface area contributed by atoms with Gasteiger partial charge >= 0.3 is 0 Å². The number of hydrogen-bond acceptors (Lipinski definition) is 6. The maximum atomic E-state index is 12.3. The Kier molecular flexibility index (Phi) is 8.07. The number of unbranched alkanes of at least 4 members (excludes halogenated alkanes) is 1. The largest absolute Gasteiger partial charge is 0.488 e. The normalized spacial score (nSPS) is 12.7. The lowest BCUT2D eigenvalue weighted by atomic mass is 10.1. The second kappa shape index (κ2) is 9.94. The van der Waals surface area contributed by atoms with Crippen molar-refractivity contribution in [3.05, 3.63) is 54.1 Å². The first-order valence-electron chi connectivity index (χ1n) is 9.93. The van der Waals surface area contributed by atoms with E-state index in [2.05, 4.69) is 0 Å². The van der Waals surface area contributed by atoms with E-state index in [0.29, 0.717) is 18.6 Å². The second-order valence-corrected chi connectivity index (χ2v) is 11.6. The minimum atomic E-state index is -3.82. The first kappa shape index (κ1) is 24.4. The zero-order chi connectivity index (χ0) is 22.4. The number of ether oxygens (including phenoxy) is 1. The summed E-state index contributed by atoms with van der Waals surface area (Å²) < 4.78 is 60.1. The van der Waals surface area contributed by atoms with E-state index in [1.807, 2.05) is 27.7 Å². The van der Waals surface area contributed by atoms with E-state index < -0.39 is 25.6 Å². The molecule has 0 saturated heterocycles. The van der Waals surface area contributed by atoms with E-state index in [4.69, 9.17) is 8.92 Å². The molecule has 0 unspecified atom stereocenters. The van der Waals surface area contributed by atoms with Gasteiger partial charge in [0.1, 0.15) is 11.4 Å². The van der Waals surface area contributed by atoms with Crippen molar-refractivity contribution >= 4 is 20.0 Å². The fourth-order valence-corrected chi connectivity index (χ4v) is 5.07. The van der Waals surface area contributed by atoms with Gasteiger partial charge in [-0.1, -0.05) is 31.0 Å². The molecule has 166 valence electrons. The molecule has 30 heavy (non-hydrogen) atoms. The molecule has 2 aromatic carbocycles. The Labute approximate surface area is 180 Å². The zero-order valence-corrected chi connectivity index (χ0v) is 19.6. The number of aryl methyl sites for hydroxylation is 1. The Morgan fingerprint density at radius 1 is 0.867 bits per heavy atom. The molecule has 0 spiro atoms. The van der Waals surface area contributed by atoms with Crippen molar-refractivity contribution in [2.75, 3.05) is 12.4 Å². The van der Waals surface area contributed by atoms with E-state index in [0.717, 1.165) is 12.0 Å². The summed E-state index contributed by atoms with van der Waals surface area (Å²) in [5.74, 6) is 0.637. The van der Waals surface area contributed by atoms with Crippen LogP contribution in [0.5, 0.6) is 5.75 Å². The molecular weight excluding hydrogens is 424 g/mol. The average Bonchev–Trinajstić information content (AvgIpc) is 2.66. The number of benzene rings is 2. The standard InChI is InChI=1S/C22H30O6S2/c1-5-6-17-29(23,24)20-13-9-19(10-14-20)28-22(3,4)15-16-27-30(25,26)21-11-7-18(2)8-12-21/h7-14H,5-6,15-17H2,1-4H3. The SMILES string of the molecule is CCCCS(=O)(=O)c1ccc(OC(C)(C)CCOS(=O)(=O)c2ccc(C)cc2)cc1. The summed E-state index contributed by atoms with van der Waals surface area (Å²) in [6, 6.07) is 12.8. The predicted molar refractivity (Wildman–Crippen MR) is 117 cm³/mol. The average molecular weight is 455 g/mol. The van der Waals surface area contributed by atoms with Crippen LogP contribution in [0.15, 0.2) is 58.3 Å². The van der Waals surface area contributed by atoms with E-state index >= 15 is 0 Å². The molecule has 0 N–H and O–H groups in total. The summed E-state index contributed by atoms with van der Waals surface area (Å²) in [5, 5.41) is 0. The lowest BCUT2D eigenvalue weighted by Crippen LogP contribution is -2.30. The fraction of sp³-hybridized carbons (Fsp3) is 0.455. The maximum Gasteiger partial charge on any atom is 0.296 e. The minimum absolute atomic E-state index is 0.0350. The number of hydrogen-bond donors (Lipinski definition) is 0. The van der Waals surface area contributed by atoms with Gasteiger partial charge in [-0.15, -0.1) is 0 Å². The molecule has 2 rings (SSSR count). The Balaban J connectivity index is 1.94. The monoisotopic (exact) mass is 454 g/mol. The van der Waals surface area contributed by atoms with Gasteiger partial charge in [0.05, 0.1) is 22.2 Å². The van der Waals surface area contributed by atoms with Crippen molar-refractivity contribution in [2.45, 2.75) is 62.3 Å². The first-order chi connectivity index (χ1) is 14.0. The topological polar surface area (TPSA) is 86.7 Å². The molecule has 0 aliphatic heterocycles. The smallest absolute Gasteiger partial charge is 0.296 e. The summed E-state index contributed by atoms with van der Waals surface area (Å²) in [4.78, 5) is 0.389. The van der Waals surface area contributed by atoms with Gasteiger partial charge in [-0.05, 0) is 63.6 Å². The number of rotatable bonds is 11. The third-order valence-corrected chi connectivity index (χ3v) is 7.74. The van der Waals surface area contributed by atoms with Crippen LogP contribution in [0.25, 0.3) is 0 Å². The highest BCUT2D eigenvalue weighted by Gasteiger charge is 2.23. The highest BCUT2D eigenvalue weighted by atomic mass is 32.2. The number of sulfone groups is 1. The van der Waals surface area contributed by atoms with Gasteiger partial charge in [-0.2, -0.15) is 8.42 Å². The molecule has 6 nitrogen and oxygen atoms in total.